The van der Waals surface area contributed by atoms with Gasteiger partial charge in [-0.15, -0.1) is 11.3 Å². The first-order chi connectivity index (χ1) is 8.79. The van der Waals surface area contributed by atoms with Gasteiger partial charge in [-0.3, -0.25) is 0 Å². The normalized spacial score (nSPS) is 16.8. The molecule has 0 aromatic carbocycles. The van der Waals surface area contributed by atoms with E-state index in [0.717, 1.165) is 32.1 Å². The van der Waals surface area contributed by atoms with E-state index >= 15 is 0 Å². The molecule has 1 aromatic heterocycles. The van der Waals surface area contributed by atoms with Crippen LogP contribution < -0.4 is 5.32 Å². The fourth-order valence-electron chi connectivity index (χ4n) is 2.59. The van der Waals surface area contributed by atoms with Crippen LogP contribution in [0.3, 0.4) is 0 Å². The van der Waals surface area contributed by atoms with E-state index in [9.17, 15) is 0 Å². The van der Waals surface area contributed by atoms with Crippen LogP contribution in [0.25, 0.3) is 0 Å². The van der Waals surface area contributed by atoms with E-state index in [1.807, 2.05) is 17.5 Å². The molecular formula is C14H25N3S. The lowest BCUT2D eigenvalue weighted by Crippen LogP contribution is -2.35. The van der Waals surface area contributed by atoms with Crippen LogP contribution in [-0.4, -0.2) is 36.1 Å². The molecule has 0 unspecified atom stereocenters. The topological polar surface area (TPSA) is 28.2 Å². The molecule has 1 aliphatic carbocycles. The average molecular weight is 267 g/mol. The molecule has 1 aliphatic rings. The van der Waals surface area contributed by atoms with Crippen molar-refractivity contribution in [2.75, 3.05) is 20.1 Å². The Morgan fingerprint density at radius 1 is 1.44 bits per heavy atom. The summed E-state index contributed by atoms with van der Waals surface area (Å²) in [6, 6.07) is 0.835. The lowest BCUT2D eigenvalue weighted by Gasteiger charge is -2.23. The largest absolute Gasteiger partial charge is 0.311 e. The van der Waals surface area contributed by atoms with Gasteiger partial charge >= 0.3 is 0 Å². The molecule has 18 heavy (non-hydrogen) atoms. The highest BCUT2D eigenvalue weighted by Gasteiger charge is 2.18. The van der Waals surface area contributed by atoms with E-state index < -0.39 is 0 Å². The quantitative estimate of drug-likeness (QED) is 0.770. The first kappa shape index (κ1) is 14.0. The summed E-state index contributed by atoms with van der Waals surface area (Å²) in [5.41, 5.74) is 0. The van der Waals surface area contributed by atoms with Crippen molar-refractivity contribution in [3.8, 4) is 0 Å². The lowest BCUT2D eigenvalue weighted by atomic mass is 10.2. The maximum Gasteiger partial charge on any atom is 0.0925 e. The number of rotatable bonds is 7. The summed E-state index contributed by atoms with van der Waals surface area (Å²) < 4.78 is 0. The van der Waals surface area contributed by atoms with Gasteiger partial charge in [-0.05, 0) is 26.3 Å². The van der Waals surface area contributed by atoms with Crippen molar-refractivity contribution >= 4 is 11.3 Å². The lowest BCUT2D eigenvalue weighted by molar-refractivity contribution is 0.245. The van der Waals surface area contributed by atoms with Crippen molar-refractivity contribution in [1.29, 1.82) is 0 Å². The zero-order valence-corrected chi connectivity index (χ0v) is 12.4. The fraction of sp³-hybridized carbons (Fsp3) is 0.786. The molecule has 1 fully saturated rings. The number of likely N-dealkylation sites (N-methyl/N-ethyl adjacent to an activating group) is 1. The first-order valence-electron chi connectivity index (χ1n) is 7.14. The molecule has 2 rings (SSSR count). The molecule has 102 valence electrons. The van der Waals surface area contributed by atoms with Crippen LogP contribution in [0, 0.1) is 0 Å². The van der Waals surface area contributed by atoms with Crippen molar-refractivity contribution in [3.63, 3.8) is 0 Å². The van der Waals surface area contributed by atoms with E-state index in [1.54, 1.807) is 0 Å². The van der Waals surface area contributed by atoms with Crippen LogP contribution in [0.5, 0.6) is 0 Å². The van der Waals surface area contributed by atoms with Crippen molar-refractivity contribution in [1.82, 2.24) is 15.2 Å². The molecule has 0 amide bonds. The third-order valence-corrected chi connectivity index (χ3v) is 4.93. The number of hydrogen-bond acceptors (Lipinski definition) is 4. The van der Waals surface area contributed by atoms with Gasteiger partial charge < -0.3 is 10.2 Å². The third kappa shape index (κ3) is 4.04. The Kier molecular flexibility index (Phi) is 5.60. The van der Waals surface area contributed by atoms with Crippen LogP contribution in [-0.2, 0) is 13.0 Å². The van der Waals surface area contributed by atoms with Crippen molar-refractivity contribution in [2.24, 2.45) is 0 Å². The Morgan fingerprint density at radius 3 is 2.89 bits per heavy atom. The fourth-order valence-corrected chi connectivity index (χ4v) is 3.42. The molecule has 0 radical (unpaired) electrons. The predicted octanol–water partition coefficient (Wildman–Crippen LogP) is 2.67. The SMILES string of the molecule is CCc1ncc(CNCCN(C)C2CCCC2)s1. The van der Waals surface area contributed by atoms with Gasteiger partial charge in [0, 0.05) is 36.8 Å². The van der Waals surface area contributed by atoms with Crippen LogP contribution in [0.1, 0.15) is 42.5 Å². The van der Waals surface area contributed by atoms with Crippen LogP contribution >= 0.6 is 11.3 Å². The minimum Gasteiger partial charge on any atom is -0.311 e. The monoisotopic (exact) mass is 267 g/mol. The van der Waals surface area contributed by atoms with Gasteiger partial charge in [-0.1, -0.05) is 19.8 Å². The van der Waals surface area contributed by atoms with Crippen LogP contribution in [0.15, 0.2) is 6.20 Å². The summed E-state index contributed by atoms with van der Waals surface area (Å²) in [6.07, 6.45) is 8.69. The maximum atomic E-state index is 4.38. The molecule has 0 atom stereocenters. The smallest absolute Gasteiger partial charge is 0.0925 e. The summed E-state index contributed by atoms with van der Waals surface area (Å²) in [5, 5.41) is 4.77. The first-order valence-corrected chi connectivity index (χ1v) is 7.95. The van der Waals surface area contributed by atoms with Crippen molar-refractivity contribution in [3.05, 3.63) is 16.1 Å². The van der Waals surface area contributed by atoms with E-state index in [4.69, 9.17) is 0 Å². The molecule has 1 saturated carbocycles. The molecule has 0 spiro atoms. The van der Waals surface area contributed by atoms with Gasteiger partial charge in [0.05, 0.1) is 5.01 Å². The minimum absolute atomic E-state index is 0.835. The third-order valence-electron chi connectivity index (χ3n) is 3.79. The van der Waals surface area contributed by atoms with Crippen molar-refractivity contribution in [2.45, 2.75) is 51.6 Å². The van der Waals surface area contributed by atoms with Gasteiger partial charge in [0.1, 0.15) is 0 Å². The van der Waals surface area contributed by atoms with Crippen LogP contribution in [0.2, 0.25) is 0 Å². The number of hydrogen-bond donors (Lipinski definition) is 1. The molecule has 1 heterocycles. The van der Waals surface area contributed by atoms with E-state index in [2.05, 4.69) is 29.2 Å². The Morgan fingerprint density at radius 2 is 2.22 bits per heavy atom. The zero-order valence-electron chi connectivity index (χ0n) is 11.6. The molecule has 0 bridgehead atoms. The average Bonchev–Trinajstić information content (AvgIpc) is 3.05. The summed E-state index contributed by atoms with van der Waals surface area (Å²) in [7, 11) is 2.26. The second kappa shape index (κ2) is 7.22. The second-order valence-electron chi connectivity index (χ2n) is 5.17. The molecule has 3 nitrogen and oxygen atoms in total. The molecule has 0 aliphatic heterocycles. The standard InChI is InChI=1S/C14H25N3S/c1-3-14-16-11-13(18-14)10-15-8-9-17(2)12-6-4-5-7-12/h11-12,15H,3-10H2,1-2H3. The minimum atomic E-state index is 0.835. The van der Waals surface area contributed by atoms with Crippen molar-refractivity contribution < 1.29 is 0 Å². The Hall–Kier alpha value is -0.450. The van der Waals surface area contributed by atoms with Gasteiger partial charge in [0.15, 0.2) is 0 Å². The van der Waals surface area contributed by atoms with E-state index in [1.165, 1.54) is 35.6 Å². The van der Waals surface area contributed by atoms with Crippen LogP contribution in [0.4, 0.5) is 0 Å². The van der Waals surface area contributed by atoms with E-state index in [0.29, 0.717) is 0 Å². The number of nitrogens with zero attached hydrogens (tertiary/aromatic N) is 2. The summed E-state index contributed by atoms with van der Waals surface area (Å²) >= 11 is 1.83. The second-order valence-corrected chi connectivity index (χ2v) is 6.37. The van der Waals surface area contributed by atoms with Gasteiger partial charge in [0.25, 0.3) is 0 Å². The highest BCUT2D eigenvalue weighted by molar-refractivity contribution is 7.11. The zero-order chi connectivity index (χ0) is 12.8. The number of thiazole rings is 1. The predicted molar refractivity (Wildman–Crippen MR) is 78.1 cm³/mol. The highest BCUT2D eigenvalue weighted by atomic mass is 32.1. The summed E-state index contributed by atoms with van der Waals surface area (Å²) in [4.78, 5) is 8.25. The molecular weight excluding hydrogens is 242 g/mol. The Balaban J connectivity index is 1.60. The highest BCUT2D eigenvalue weighted by Crippen LogP contribution is 2.21. The van der Waals surface area contributed by atoms with Gasteiger partial charge in [-0.2, -0.15) is 0 Å². The number of aryl methyl sites for hydroxylation is 1. The maximum absolute atomic E-state index is 4.38. The van der Waals surface area contributed by atoms with Gasteiger partial charge in [0.2, 0.25) is 0 Å². The van der Waals surface area contributed by atoms with Gasteiger partial charge in [-0.25, -0.2) is 4.98 Å². The molecule has 1 aromatic rings. The molecule has 0 saturated heterocycles. The Labute approximate surface area is 115 Å². The van der Waals surface area contributed by atoms with E-state index in [-0.39, 0.29) is 0 Å². The summed E-state index contributed by atoms with van der Waals surface area (Å²) in [5.74, 6) is 0. The number of nitrogens with one attached hydrogen (secondary N) is 1. The number of aromatic nitrogens is 1. The molecule has 1 N–H and O–H groups in total. The summed E-state index contributed by atoms with van der Waals surface area (Å²) in [6.45, 7) is 5.36. The molecule has 4 heteroatoms. The Bertz CT molecular complexity index is 345.